The van der Waals surface area contributed by atoms with Crippen molar-refractivity contribution < 1.29 is 26.3 Å². The minimum atomic E-state index is -4.82. The fourth-order valence-electron chi connectivity index (χ4n) is 4.50. The van der Waals surface area contributed by atoms with Crippen LogP contribution in [-0.4, -0.2) is 37.0 Å². The van der Waals surface area contributed by atoms with Crippen LogP contribution in [-0.2, 0) is 28.0 Å². The fourth-order valence-corrected chi connectivity index (χ4v) is 6.07. The summed E-state index contributed by atoms with van der Waals surface area (Å²) in [6.45, 7) is 0.579. The zero-order chi connectivity index (χ0) is 17.3. The van der Waals surface area contributed by atoms with Gasteiger partial charge in [-0.25, -0.2) is 13.1 Å². The maximum atomic E-state index is 13.1. The summed E-state index contributed by atoms with van der Waals surface area (Å²) in [5, 5.41) is 3.28. The summed E-state index contributed by atoms with van der Waals surface area (Å²) in [4.78, 5) is -0.811. The third kappa shape index (κ3) is 2.15. The number of halogens is 3. The molecule has 4 rings (SSSR count). The number of hydrogen-bond acceptors (Lipinski definition) is 4. The number of rotatable bonds is 3. The van der Waals surface area contributed by atoms with Gasteiger partial charge in [0, 0.05) is 37.2 Å². The van der Waals surface area contributed by atoms with Gasteiger partial charge in [-0.05, 0) is 19.3 Å². The molecule has 1 N–H and O–H groups in total. The molecular weight excluding hydrogens is 347 g/mol. The Morgan fingerprint density at radius 1 is 1.42 bits per heavy atom. The first-order valence-corrected chi connectivity index (χ1v) is 9.38. The Balaban J connectivity index is 1.65. The summed E-state index contributed by atoms with van der Waals surface area (Å²) in [5.41, 5.74) is -1.62. The monoisotopic (exact) mass is 365 g/mol. The molecule has 0 aromatic carbocycles. The van der Waals surface area contributed by atoms with Gasteiger partial charge in [-0.15, -0.1) is 0 Å². The van der Waals surface area contributed by atoms with Gasteiger partial charge in [0.1, 0.15) is 4.90 Å². The second-order valence-electron chi connectivity index (χ2n) is 6.94. The molecule has 1 aliphatic heterocycles. The van der Waals surface area contributed by atoms with Gasteiger partial charge >= 0.3 is 6.18 Å². The van der Waals surface area contributed by atoms with E-state index in [4.69, 9.17) is 4.74 Å². The van der Waals surface area contributed by atoms with E-state index < -0.39 is 26.8 Å². The highest BCUT2D eigenvalue weighted by Gasteiger charge is 2.67. The van der Waals surface area contributed by atoms with E-state index in [0.717, 1.165) is 36.6 Å². The standard InChI is InChI=1S/C14H18F3N3O3S/c1-20-7-9(11(18-20)14(15,16)17)24(21,22)19-10-8-3-6-23-12(8)13(10)4-2-5-13/h7-8,10,12,19H,2-6H2,1H3. The summed E-state index contributed by atoms with van der Waals surface area (Å²) in [6.07, 6.45) is -0.460. The molecule has 2 heterocycles. The molecule has 3 fully saturated rings. The highest BCUT2D eigenvalue weighted by molar-refractivity contribution is 7.89. The molecule has 134 valence electrons. The van der Waals surface area contributed by atoms with Crippen LogP contribution >= 0.6 is 0 Å². The molecule has 10 heteroatoms. The predicted octanol–water partition coefficient (Wildman–Crippen LogP) is 1.67. The first-order chi connectivity index (χ1) is 11.2. The SMILES string of the molecule is Cn1cc(S(=O)(=O)NC2C3CCOC3C23CCC3)c(C(F)(F)F)n1. The Labute approximate surface area is 137 Å². The number of nitrogens with zero attached hydrogens (tertiary/aromatic N) is 2. The van der Waals surface area contributed by atoms with Crippen molar-refractivity contribution in [2.75, 3.05) is 6.61 Å². The third-order valence-electron chi connectivity index (χ3n) is 5.67. The number of aryl methyl sites for hydroxylation is 1. The zero-order valence-electron chi connectivity index (χ0n) is 13.0. The van der Waals surface area contributed by atoms with Crippen molar-refractivity contribution >= 4 is 10.0 Å². The van der Waals surface area contributed by atoms with E-state index >= 15 is 0 Å². The van der Waals surface area contributed by atoms with Gasteiger partial charge in [0.25, 0.3) is 0 Å². The van der Waals surface area contributed by atoms with Crippen LogP contribution in [0.2, 0.25) is 0 Å². The minimum absolute atomic E-state index is 0.0370. The molecule has 0 amide bonds. The second kappa shape index (κ2) is 4.95. The first kappa shape index (κ1) is 16.3. The maximum Gasteiger partial charge on any atom is 0.436 e. The molecule has 2 aliphatic carbocycles. The molecule has 3 unspecified atom stereocenters. The molecule has 1 saturated heterocycles. The molecule has 0 radical (unpaired) electrons. The van der Waals surface area contributed by atoms with Crippen molar-refractivity contribution in [1.82, 2.24) is 14.5 Å². The van der Waals surface area contributed by atoms with Gasteiger partial charge in [-0.2, -0.15) is 18.3 Å². The highest BCUT2D eigenvalue weighted by Crippen LogP contribution is 2.63. The smallest absolute Gasteiger partial charge is 0.377 e. The van der Waals surface area contributed by atoms with Crippen molar-refractivity contribution in [2.24, 2.45) is 18.4 Å². The lowest BCUT2D eigenvalue weighted by molar-refractivity contribution is -0.169. The van der Waals surface area contributed by atoms with E-state index in [2.05, 4.69) is 9.82 Å². The van der Waals surface area contributed by atoms with Crippen LogP contribution < -0.4 is 4.72 Å². The number of ether oxygens (including phenoxy) is 1. The van der Waals surface area contributed by atoms with E-state index in [9.17, 15) is 21.6 Å². The van der Waals surface area contributed by atoms with Crippen LogP contribution in [0, 0.1) is 11.3 Å². The molecule has 24 heavy (non-hydrogen) atoms. The summed E-state index contributed by atoms with van der Waals surface area (Å²) in [6, 6.07) is -0.356. The Bertz CT molecular complexity index is 770. The summed E-state index contributed by atoms with van der Waals surface area (Å²) in [7, 11) is -3.04. The van der Waals surface area contributed by atoms with E-state index in [1.807, 2.05) is 0 Å². The Hall–Kier alpha value is -1.13. The normalized spacial score (nSPS) is 31.6. The lowest BCUT2D eigenvalue weighted by Gasteiger charge is -2.63. The van der Waals surface area contributed by atoms with Crippen LogP contribution in [0.15, 0.2) is 11.1 Å². The number of hydrogen-bond donors (Lipinski definition) is 1. The Morgan fingerprint density at radius 2 is 2.12 bits per heavy atom. The predicted molar refractivity (Wildman–Crippen MR) is 76.5 cm³/mol. The van der Waals surface area contributed by atoms with E-state index in [0.29, 0.717) is 6.61 Å². The number of fused-ring (bicyclic) bond motifs is 2. The van der Waals surface area contributed by atoms with Gasteiger partial charge < -0.3 is 4.74 Å². The number of alkyl halides is 3. The third-order valence-corrected chi connectivity index (χ3v) is 7.11. The van der Waals surface area contributed by atoms with Crippen LogP contribution in [0.4, 0.5) is 13.2 Å². The average Bonchev–Trinajstić information content (AvgIpc) is 2.99. The molecule has 1 spiro atoms. The molecule has 6 nitrogen and oxygen atoms in total. The molecular formula is C14H18F3N3O3S. The van der Waals surface area contributed by atoms with Crippen LogP contribution in [0.3, 0.4) is 0 Å². The van der Waals surface area contributed by atoms with E-state index in [1.54, 1.807) is 0 Å². The quantitative estimate of drug-likeness (QED) is 0.885. The van der Waals surface area contributed by atoms with Crippen molar-refractivity contribution in [3.63, 3.8) is 0 Å². The van der Waals surface area contributed by atoms with Crippen LogP contribution in [0.5, 0.6) is 0 Å². The van der Waals surface area contributed by atoms with Gasteiger partial charge in [0.05, 0.1) is 6.10 Å². The average molecular weight is 365 g/mol. The molecule has 3 aliphatic rings. The fraction of sp³-hybridized carbons (Fsp3) is 0.786. The van der Waals surface area contributed by atoms with Crippen molar-refractivity contribution in [3.8, 4) is 0 Å². The molecule has 2 saturated carbocycles. The maximum absolute atomic E-state index is 13.1. The van der Waals surface area contributed by atoms with Crippen molar-refractivity contribution in [2.45, 2.75) is 48.9 Å². The first-order valence-electron chi connectivity index (χ1n) is 7.90. The minimum Gasteiger partial charge on any atom is -0.377 e. The Kier molecular flexibility index (Phi) is 3.37. The number of aromatic nitrogens is 2. The van der Waals surface area contributed by atoms with Crippen molar-refractivity contribution in [3.05, 3.63) is 11.9 Å². The molecule has 0 bridgehead atoms. The molecule has 3 atom stereocenters. The summed E-state index contributed by atoms with van der Waals surface area (Å²) < 4.78 is 73.6. The van der Waals surface area contributed by atoms with Crippen LogP contribution in [0.1, 0.15) is 31.4 Å². The zero-order valence-corrected chi connectivity index (χ0v) is 13.8. The summed E-state index contributed by atoms with van der Waals surface area (Å²) >= 11 is 0. The van der Waals surface area contributed by atoms with Gasteiger partial charge in [-0.3, -0.25) is 4.68 Å². The molecule has 1 aromatic heterocycles. The van der Waals surface area contributed by atoms with Crippen LogP contribution in [0.25, 0.3) is 0 Å². The Morgan fingerprint density at radius 3 is 2.71 bits per heavy atom. The second-order valence-corrected chi connectivity index (χ2v) is 8.63. The number of nitrogens with one attached hydrogen (secondary N) is 1. The van der Waals surface area contributed by atoms with Gasteiger partial charge in [-0.1, -0.05) is 6.42 Å². The largest absolute Gasteiger partial charge is 0.436 e. The van der Waals surface area contributed by atoms with Gasteiger partial charge in [0.15, 0.2) is 5.69 Å². The summed E-state index contributed by atoms with van der Waals surface area (Å²) in [5.74, 6) is 0.0473. The highest BCUT2D eigenvalue weighted by atomic mass is 32.2. The topological polar surface area (TPSA) is 73.2 Å². The van der Waals surface area contributed by atoms with Gasteiger partial charge in [0.2, 0.25) is 10.0 Å². The lowest BCUT2D eigenvalue weighted by Crippen LogP contribution is -2.71. The molecule has 1 aromatic rings. The van der Waals surface area contributed by atoms with Crippen molar-refractivity contribution in [1.29, 1.82) is 0 Å². The number of sulfonamides is 1. The van der Waals surface area contributed by atoms with E-state index in [-0.39, 0.29) is 23.5 Å². The van der Waals surface area contributed by atoms with E-state index in [1.165, 1.54) is 7.05 Å². The lowest BCUT2D eigenvalue weighted by atomic mass is 9.47.